The van der Waals surface area contributed by atoms with Crippen molar-refractivity contribution in [2.45, 2.75) is 18.9 Å². The molecule has 50 valence electrons. The van der Waals surface area contributed by atoms with E-state index in [4.69, 9.17) is 5.11 Å². The molecular weight excluding hydrogens is 120 g/mol. The van der Waals surface area contributed by atoms with Crippen LogP contribution in [0.25, 0.3) is 0 Å². The molecule has 3 nitrogen and oxygen atoms in total. The fourth-order valence-electron chi connectivity index (χ4n) is 0.760. The Morgan fingerprint density at radius 3 is 2.78 bits per heavy atom. The van der Waals surface area contributed by atoms with Crippen LogP contribution in [0.1, 0.15) is 12.8 Å². The topological polar surface area (TPSA) is 46.5 Å². The average Bonchev–Trinajstić information content (AvgIpc) is 2.14. The molecule has 1 N–H and O–H groups in total. The molecule has 1 heterocycles. The molecule has 9 heavy (non-hydrogen) atoms. The number of hydrogen-bond donors (Lipinski definition) is 1. The highest BCUT2D eigenvalue weighted by atomic mass is 16.6. The van der Waals surface area contributed by atoms with E-state index >= 15 is 0 Å². The molecule has 1 aliphatic heterocycles. The summed E-state index contributed by atoms with van der Waals surface area (Å²) in [7, 11) is 0. The number of aliphatic hydroxyl groups excluding tert-OH is 1. The first kappa shape index (κ1) is 6.13. The second-order valence-corrected chi connectivity index (χ2v) is 2.01. The van der Waals surface area contributed by atoms with Gasteiger partial charge in [0.05, 0.1) is 0 Å². The summed E-state index contributed by atoms with van der Waals surface area (Å²) in [6, 6.07) is 0. The smallest absolute Gasteiger partial charge is 0.306 e. The van der Waals surface area contributed by atoms with Crippen molar-refractivity contribution in [3.05, 3.63) is 12.3 Å². The van der Waals surface area contributed by atoms with Crippen molar-refractivity contribution >= 4 is 5.97 Å². The van der Waals surface area contributed by atoms with Gasteiger partial charge in [-0.15, -0.1) is 0 Å². The lowest BCUT2D eigenvalue weighted by atomic mass is 10.2. The molecule has 0 spiro atoms. The lowest BCUT2D eigenvalue weighted by Crippen LogP contribution is -2.08. The van der Waals surface area contributed by atoms with E-state index in [1.807, 2.05) is 0 Å². The molecule has 0 bridgehead atoms. The van der Waals surface area contributed by atoms with Gasteiger partial charge >= 0.3 is 5.97 Å². The molecule has 0 aromatic carbocycles. The molecule has 0 radical (unpaired) electrons. The van der Waals surface area contributed by atoms with Crippen LogP contribution in [0, 0.1) is 0 Å². The van der Waals surface area contributed by atoms with E-state index in [-0.39, 0.29) is 11.7 Å². The normalized spacial score (nSPS) is 25.8. The van der Waals surface area contributed by atoms with Crippen molar-refractivity contribution in [2.75, 3.05) is 0 Å². The minimum absolute atomic E-state index is 0.0548. The van der Waals surface area contributed by atoms with Gasteiger partial charge in [-0.25, -0.2) is 0 Å². The number of rotatable bonds is 1. The molecule has 1 saturated heterocycles. The van der Waals surface area contributed by atoms with Crippen LogP contribution in [0.3, 0.4) is 0 Å². The molecule has 0 aromatic rings. The number of carbonyl (C=O) groups excluding carboxylic acids is 1. The van der Waals surface area contributed by atoms with Gasteiger partial charge in [-0.05, 0) is 0 Å². The lowest BCUT2D eigenvalue weighted by molar-refractivity contribution is -0.141. The van der Waals surface area contributed by atoms with Gasteiger partial charge in [0, 0.05) is 12.8 Å². The summed E-state index contributed by atoms with van der Waals surface area (Å²) < 4.78 is 4.63. The van der Waals surface area contributed by atoms with Crippen LogP contribution in [0.4, 0.5) is 0 Å². The van der Waals surface area contributed by atoms with Crippen molar-refractivity contribution in [2.24, 2.45) is 0 Å². The van der Waals surface area contributed by atoms with E-state index in [0.29, 0.717) is 12.8 Å². The summed E-state index contributed by atoms with van der Waals surface area (Å²) in [6.45, 7) is 3.25. The zero-order chi connectivity index (χ0) is 6.85. The van der Waals surface area contributed by atoms with E-state index in [9.17, 15) is 4.79 Å². The van der Waals surface area contributed by atoms with Crippen LogP contribution in [0.5, 0.6) is 0 Å². The predicted octanol–water partition coefficient (Wildman–Crippen LogP) is 0.764. The Morgan fingerprint density at radius 2 is 2.56 bits per heavy atom. The zero-order valence-electron chi connectivity index (χ0n) is 4.96. The minimum Gasteiger partial charge on any atom is -0.509 e. The summed E-state index contributed by atoms with van der Waals surface area (Å²) in [6.07, 6.45) is 0.510. The van der Waals surface area contributed by atoms with Crippen LogP contribution in [0.15, 0.2) is 12.3 Å². The van der Waals surface area contributed by atoms with Gasteiger partial charge < -0.3 is 9.84 Å². The van der Waals surface area contributed by atoms with E-state index in [1.54, 1.807) is 0 Å². The van der Waals surface area contributed by atoms with Gasteiger partial charge in [0.1, 0.15) is 5.76 Å². The van der Waals surface area contributed by atoms with E-state index < -0.39 is 6.10 Å². The minimum atomic E-state index is -0.447. The molecule has 1 rings (SSSR count). The van der Waals surface area contributed by atoms with Gasteiger partial charge in [-0.1, -0.05) is 6.58 Å². The molecule has 0 aliphatic carbocycles. The average molecular weight is 128 g/mol. The van der Waals surface area contributed by atoms with Crippen molar-refractivity contribution < 1.29 is 14.6 Å². The number of esters is 1. The first-order chi connectivity index (χ1) is 4.20. The number of ether oxygens (including phenoxy) is 1. The fraction of sp³-hybridized carbons (Fsp3) is 0.500. The SMILES string of the molecule is C=C(O)C1CCC(=O)O1. The Balaban J connectivity index is 2.48. The van der Waals surface area contributed by atoms with Crippen molar-refractivity contribution in [1.82, 2.24) is 0 Å². The number of cyclic esters (lactones) is 1. The number of aliphatic hydroxyl groups is 1. The van der Waals surface area contributed by atoms with Gasteiger partial charge in [-0.2, -0.15) is 0 Å². The highest BCUT2D eigenvalue weighted by molar-refractivity contribution is 5.71. The van der Waals surface area contributed by atoms with Gasteiger partial charge in [0.25, 0.3) is 0 Å². The summed E-state index contributed by atoms with van der Waals surface area (Å²) in [5, 5.41) is 8.70. The number of carbonyl (C=O) groups is 1. The molecule has 0 aromatic heterocycles. The summed E-state index contributed by atoms with van der Waals surface area (Å²) >= 11 is 0. The maximum atomic E-state index is 10.4. The third-order valence-corrected chi connectivity index (χ3v) is 1.26. The van der Waals surface area contributed by atoms with Gasteiger partial charge in [-0.3, -0.25) is 4.79 Å². The molecule has 1 aliphatic rings. The van der Waals surface area contributed by atoms with E-state index in [0.717, 1.165) is 0 Å². The van der Waals surface area contributed by atoms with Gasteiger partial charge in [0.15, 0.2) is 6.10 Å². The largest absolute Gasteiger partial charge is 0.509 e. The molecule has 0 saturated carbocycles. The first-order valence-corrected chi connectivity index (χ1v) is 2.77. The molecular formula is C6H8O3. The molecule has 0 amide bonds. The van der Waals surface area contributed by atoms with Crippen LogP contribution in [-0.2, 0) is 9.53 Å². The zero-order valence-corrected chi connectivity index (χ0v) is 4.96. The monoisotopic (exact) mass is 128 g/mol. The molecule has 3 heteroatoms. The van der Waals surface area contributed by atoms with Gasteiger partial charge in [0.2, 0.25) is 0 Å². The van der Waals surface area contributed by atoms with E-state index in [2.05, 4.69) is 11.3 Å². The second-order valence-electron chi connectivity index (χ2n) is 2.01. The lowest BCUT2D eigenvalue weighted by Gasteiger charge is -2.04. The molecule has 1 atom stereocenters. The quantitative estimate of drug-likeness (QED) is 0.419. The maximum absolute atomic E-state index is 10.4. The van der Waals surface area contributed by atoms with Crippen molar-refractivity contribution in [3.8, 4) is 0 Å². The summed E-state index contributed by atoms with van der Waals surface area (Å²) in [5.41, 5.74) is 0. The second kappa shape index (κ2) is 2.09. The molecule has 1 fully saturated rings. The third kappa shape index (κ3) is 1.22. The number of hydrogen-bond acceptors (Lipinski definition) is 3. The third-order valence-electron chi connectivity index (χ3n) is 1.26. The van der Waals surface area contributed by atoms with Crippen LogP contribution < -0.4 is 0 Å². The Kier molecular flexibility index (Phi) is 1.42. The summed E-state index contributed by atoms with van der Waals surface area (Å²) in [5.74, 6) is -0.309. The highest BCUT2D eigenvalue weighted by Gasteiger charge is 2.24. The Morgan fingerprint density at radius 1 is 1.89 bits per heavy atom. The molecule has 1 unspecified atom stereocenters. The van der Waals surface area contributed by atoms with Crippen molar-refractivity contribution in [3.63, 3.8) is 0 Å². The predicted molar refractivity (Wildman–Crippen MR) is 30.9 cm³/mol. The van der Waals surface area contributed by atoms with Crippen LogP contribution >= 0.6 is 0 Å². The van der Waals surface area contributed by atoms with E-state index in [1.165, 1.54) is 0 Å². The first-order valence-electron chi connectivity index (χ1n) is 2.77. The Labute approximate surface area is 52.9 Å². The maximum Gasteiger partial charge on any atom is 0.306 e. The van der Waals surface area contributed by atoms with Crippen molar-refractivity contribution in [1.29, 1.82) is 0 Å². The summed E-state index contributed by atoms with van der Waals surface area (Å²) in [4.78, 5) is 10.4. The Hall–Kier alpha value is -0.990. The van der Waals surface area contributed by atoms with Crippen LogP contribution in [0.2, 0.25) is 0 Å². The standard InChI is InChI=1S/C6H8O3/c1-4(7)5-2-3-6(8)9-5/h5,7H,1-3H2. The fourth-order valence-corrected chi connectivity index (χ4v) is 0.760. The van der Waals surface area contributed by atoms with Crippen LogP contribution in [-0.4, -0.2) is 17.2 Å². The Bertz CT molecular complexity index is 150. The highest BCUT2D eigenvalue weighted by Crippen LogP contribution is 2.17.